The van der Waals surface area contributed by atoms with Gasteiger partial charge < -0.3 is 25.4 Å². The van der Waals surface area contributed by atoms with E-state index in [9.17, 15) is 9.59 Å². The molecule has 0 saturated heterocycles. The SMILES string of the molecule is C/C=C(/CC)CNCCCCCc1cc(COCCC(=O)O)on1.C=CC.CCCCCC(N)=O. The minimum Gasteiger partial charge on any atom is -0.481 e. The molecule has 0 radical (unpaired) electrons. The maximum absolute atomic E-state index is 10.4. The number of nitrogens with zero attached hydrogens (tertiary/aromatic N) is 1. The van der Waals surface area contributed by atoms with Gasteiger partial charge in [-0.05, 0) is 52.5 Å². The zero-order valence-electron chi connectivity index (χ0n) is 22.4. The molecule has 1 rings (SSSR count). The lowest BCUT2D eigenvalue weighted by Crippen LogP contribution is -2.18. The Morgan fingerprint density at radius 2 is 1.89 bits per heavy atom. The molecule has 0 bridgehead atoms. The topological polar surface area (TPSA) is 128 Å². The van der Waals surface area contributed by atoms with E-state index in [4.69, 9.17) is 20.1 Å². The van der Waals surface area contributed by atoms with E-state index < -0.39 is 5.97 Å². The average molecular weight is 496 g/mol. The fourth-order valence-corrected chi connectivity index (χ4v) is 2.84. The number of hydrogen-bond donors (Lipinski definition) is 3. The van der Waals surface area contributed by atoms with Crippen LogP contribution in [0, 0.1) is 0 Å². The second-order valence-electron chi connectivity index (χ2n) is 8.10. The Morgan fingerprint density at radius 3 is 2.46 bits per heavy atom. The highest BCUT2D eigenvalue weighted by atomic mass is 16.5. The number of hydrogen-bond acceptors (Lipinski definition) is 6. The summed E-state index contributed by atoms with van der Waals surface area (Å²) in [6, 6.07) is 1.89. The van der Waals surface area contributed by atoms with Crippen molar-refractivity contribution in [3.05, 3.63) is 41.8 Å². The van der Waals surface area contributed by atoms with Gasteiger partial charge in [0, 0.05) is 19.0 Å². The maximum atomic E-state index is 10.4. The van der Waals surface area contributed by atoms with E-state index in [1.165, 1.54) is 5.57 Å². The number of carbonyl (C=O) groups is 2. The monoisotopic (exact) mass is 495 g/mol. The van der Waals surface area contributed by atoms with Crippen molar-refractivity contribution in [3.63, 3.8) is 0 Å². The molecule has 1 aromatic rings. The molecule has 1 amide bonds. The first kappa shape index (κ1) is 34.7. The van der Waals surface area contributed by atoms with Crippen LogP contribution in [0.5, 0.6) is 0 Å². The van der Waals surface area contributed by atoms with Crippen molar-refractivity contribution in [2.75, 3.05) is 19.7 Å². The normalized spacial score (nSPS) is 10.6. The van der Waals surface area contributed by atoms with Gasteiger partial charge in [0.05, 0.1) is 18.7 Å². The summed E-state index contributed by atoms with van der Waals surface area (Å²) < 4.78 is 10.4. The Morgan fingerprint density at radius 1 is 1.17 bits per heavy atom. The van der Waals surface area contributed by atoms with Crippen molar-refractivity contribution in [3.8, 4) is 0 Å². The molecule has 0 spiro atoms. The Bertz CT molecular complexity index is 686. The van der Waals surface area contributed by atoms with Crippen LogP contribution in [0.1, 0.15) is 96.9 Å². The molecule has 1 heterocycles. The number of aromatic nitrogens is 1. The van der Waals surface area contributed by atoms with Crippen LogP contribution < -0.4 is 11.1 Å². The first-order valence-electron chi connectivity index (χ1n) is 12.8. The zero-order valence-corrected chi connectivity index (χ0v) is 22.4. The Balaban J connectivity index is 0. The Hall–Kier alpha value is -2.45. The quantitative estimate of drug-likeness (QED) is 0.179. The standard InChI is InChI=1S/C18H30N2O4.C6H13NO.C3H6/c1-3-15(4-2)13-19-10-7-5-6-8-16-12-17(24-20-16)14-23-11-9-18(21)22;1-2-3-4-5-6(7)8;1-3-2/h3,12,19H,4-11,13-14H2,1-2H3,(H,21,22);2-5H2,1H3,(H2,7,8);3H,1H2,2H3/b15-3-;;. The van der Waals surface area contributed by atoms with Crippen molar-refractivity contribution >= 4 is 11.9 Å². The summed E-state index contributed by atoms with van der Waals surface area (Å²) in [5, 5.41) is 16.0. The van der Waals surface area contributed by atoms with Crippen molar-refractivity contribution in [2.45, 2.75) is 98.5 Å². The molecule has 0 aromatic carbocycles. The van der Waals surface area contributed by atoms with Crippen LogP contribution in [0.3, 0.4) is 0 Å². The average Bonchev–Trinajstić information content (AvgIpc) is 3.27. The number of unbranched alkanes of at least 4 members (excludes halogenated alkanes) is 4. The zero-order chi connectivity index (χ0) is 26.7. The Labute approximate surface area is 212 Å². The smallest absolute Gasteiger partial charge is 0.305 e. The predicted octanol–water partition coefficient (Wildman–Crippen LogP) is 5.57. The molecule has 0 aliphatic heterocycles. The van der Waals surface area contributed by atoms with Crippen LogP contribution in [0.25, 0.3) is 0 Å². The number of allylic oxidation sites excluding steroid dienone is 2. The van der Waals surface area contributed by atoms with E-state index in [1.807, 2.05) is 13.0 Å². The highest BCUT2D eigenvalue weighted by Gasteiger charge is 2.05. The fourth-order valence-electron chi connectivity index (χ4n) is 2.84. The number of aliphatic carboxylic acids is 1. The van der Waals surface area contributed by atoms with Gasteiger partial charge >= 0.3 is 5.97 Å². The number of nitrogens with two attached hydrogens (primary N) is 1. The molecule has 0 saturated carbocycles. The molecule has 0 atom stereocenters. The number of rotatable bonds is 18. The summed E-state index contributed by atoms with van der Waals surface area (Å²) in [7, 11) is 0. The molecule has 202 valence electrons. The van der Waals surface area contributed by atoms with Crippen molar-refractivity contribution in [1.29, 1.82) is 0 Å². The molecular formula is C27H49N3O5. The number of ether oxygens (including phenoxy) is 1. The van der Waals surface area contributed by atoms with Gasteiger partial charge in [-0.1, -0.05) is 56.0 Å². The summed E-state index contributed by atoms with van der Waals surface area (Å²) in [5.74, 6) is -0.395. The minimum atomic E-state index is -0.862. The number of nitrogens with one attached hydrogen (secondary N) is 1. The minimum absolute atomic E-state index is 0.00280. The number of amides is 1. The third-order valence-corrected chi connectivity index (χ3v) is 4.84. The second-order valence-corrected chi connectivity index (χ2v) is 8.10. The first-order valence-corrected chi connectivity index (χ1v) is 12.8. The Kier molecular flexibility index (Phi) is 25.9. The summed E-state index contributed by atoms with van der Waals surface area (Å²) in [4.78, 5) is 20.5. The van der Waals surface area contributed by atoms with Crippen molar-refractivity contribution in [1.82, 2.24) is 10.5 Å². The van der Waals surface area contributed by atoms with Crippen LogP contribution >= 0.6 is 0 Å². The van der Waals surface area contributed by atoms with Crippen LogP contribution in [-0.2, 0) is 27.4 Å². The van der Waals surface area contributed by atoms with Crippen LogP contribution in [0.4, 0.5) is 0 Å². The summed E-state index contributed by atoms with van der Waals surface area (Å²) >= 11 is 0. The summed E-state index contributed by atoms with van der Waals surface area (Å²) in [6.07, 6.45) is 13.1. The molecule has 8 heteroatoms. The molecular weight excluding hydrogens is 446 g/mol. The van der Waals surface area contributed by atoms with Crippen LogP contribution in [0.2, 0.25) is 0 Å². The van der Waals surface area contributed by atoms with Gasteiger partial charge in [-0.15, -0.1) is 6.58 Å². The molecule has 0 aliphatic carbocycles. The van der Waals surface area contributed by atoms with Gasteiger partial charge in [0.2, 0.25) is 5.91 Å². The van der Waals surface area contributed by atoms with Gasteiger partial charge in [-0.3, -0.25) is 9.59 Å². The van der Waals surface area contributed by atoms with Gasteiger partial charge in [-0.25, -0.2) is 0 Å². The van der Waals surface area contributed by atoms with E-state index in [2.05, 4.69) is 43.9 Å². The molecule has 0 fully saturated rings. The molecule has 0 unspecified atom stereocenters. The summed E-state index contributed by atoms with van der Waals surface area (Å²) in [6.45, 7) is 14.1. The van der Waals surface area contributed by atoms with Gasteiger partial charge in [-0.2, -0.15) is 0 Å². The van der Waals surface area contributed by atoms with Gasteiger partial charge in [0.15, 0.2) is 5.76 Å². The first-order chi connectivity index (χ1) is 16.8. The molecule has 35 heavy (non-hydrogen) atoms. The van der Waals surface area contributed by atoms with Crippen LogP contribution in [-0.4, -0.2) is 41.8 Å². The lowest BCUT2D eigenvalue weighted by molar-refractivity contribution is -0.138. The van der Waals surface area contributed by atoms with E-state index in [0.717, 1.165) is 70.2 Å². The largest absolute Gasteiger partial charge is 0.481 e. The highest BCUT2D eigenvalue weighted by Crippen LogP contribution is 2.09. The summed E-state index contributed by atoms with van der Waals surface area (Å²) in [5.41, 5.74) is 7.28. The highest BCUT2D eigenvalue weighted by molar-refractivity contribution is 5.73. The number of primary amides is 1. The van der Waals surface area contributed by atoms with E-state index >= 15 is 0 Å². The molecule has 8 nitrogen and oxygen atoms in total. The predicted molar refractivity (Wildman–Crippen MR) is 142 cm³/mol. The van der Waals surface area contributed by atoms with E-state index in [1.54, 1.807) is 6.08 Å². The number of aryl methyl sites for hydroxylation is 1. The maximum Gasteiger partial charge on any atom is 0.305 e. The number of carboxylic acids is 1. The molecule has 0 aliphatic rings. The van der Waals surface area contributed by atoms with E-state index in [-0.39, 0.29) is 25.5 Å². The molecule has 1 aromatic heterocycles. The second kappa shape index (κ2) is 26.2. The van der Waals surface area contributed by atoms with Crippen molar-refractivity contribution < 1.29 is 24.0 Å². The fraction of sp³-hybridized carbons (Fsp3) is 0.667. The third kappa shape index (κ3) is 26.0. The lowest BCUT2D eigenvalue weighted by Gasteiger charge is -2.06. The lowest BCUT2D eigenvalue weighted by atomic mass is 10.1. The third-order valence-electron chi connectivity index (χ3n) is 4.84. The number of carboxylic acid groups (broad SMARTS) is 1. The molecule has 4 N–H and O–H groups in total. The van der Waals surface area contributed by atoms with Gasteiger partial charge in [0.25, 0.3) is 0 Å². The van der Waals surface area contributed by atoms with E-state index in [0.29, 0.717) is 12.2 Å². The van der Waals surface area contributed by atoms with Gasteiger partial charge in [0.1, 0.15) is 6.61 Å². The number of carbonyl (C=O) groups excluding carboxylic acids is 1. The van der Waals surface area contributed by atoms with Crippen molar-refractivity contribution in [2.24, 2.45) is 5.73 Å². The van der Waals surface area contributed by atoms with Crippen LogP contribution in [0.15, 0.2) is 34.9 Å².